The molecule has 6 nitrogen and oxygen atoms in total. The van der Waals surface area contributed by atoms with E-state index in [4.69, 9.17) is 0 Å². The second-order valence-corrected chi connectivity index (χ2v) is 11.9. The third-order valence-corrected chi connectivity index (χ3v) is 8.98. The van der Waals surface area contributed by atoms with Gasteiger partial charge >= 0.3 is 6.18 Å². The topological polar surface area (TPSA) is 80.6 Å². The fourth-order valence-electron chi connectivity index (χ4n) is 5.89. The van der Waals surface area contributed by atoms with E-state index in [0.29, 0.717) is 27.6 Å². The van der Waals surface area contributed by atoms with Gasteiger partial charge in [0.2, 0.25) is 0 Å². The van der Waals surface area contributed by atoms with Gasteiger partial charge in [-0.3, -0.25) is 4.90 Å². The summed E-state index contributed by atoms with van der Waals surface area (Å²) in [5.41, 5.74) is 5.16. The standard InChI is InChI=1S/C31H29F3N6S/c1-19-21(9-10-27-25(19)11-23(14-35)38-27)15-40-16-22(8-7-20-5-3-2-4-6-20)28(17-40)39-29-26-12-24(13-31(32,33)34)41-30(26)37-18-36-29/h2-6,9-12,18,22,28,38H,7-8,13,15-17H2,1H3,(H,36,37,39). The number of rotatable bonds is 8. The number of hydrogen-bond donors (Lipinski definition) is 2. The number of aromatic amines is 1. The van der Waals surface area contributed by atoms with Gasteiger partial charge in [-0.1, -0.05) is 36.4 Å². The number of fused-ring (bicyclic) bond motifs is 2. The lowest BCUT2D eigenvalue weighted by atomic mass is 9.95. The van der Waals surface area contributed by atoms with E-state index in [-0.39, 0.29) is 10.9 Å². The van der Waals surface area contributed by atoms with Gasteiger partial charge in [0.05, 0.1) is 11.8 Å². The number of likely N-dealkylation sites (tertiary alicyclic amines) is 1. The number of nitrogens with zero attached hydrogens (tertiary/aromatic N) is 4. The van der Waals surface area contributed by atoms with Crippen LogP contribution in [-0.4, -0.2) is 45.2 Å². The van der Waals surface area contributed by atoms with Crippen LogP contribution in [0.5, 0.6) is 0 Å². The van der Waals surface area contributed by atoms with E-state index in [0.717, 1.165) is 60.3 Å². The molecule has 4 heterocycles. The molecule has 1 aliphatic rings. The number of thiophene rings is 1. The van der Waals surface area contributed by atoms with Gasteiger partial charge in [0.25, 0.3) is 0 Å². The molecule has 10 heteroatoms. The molecule has 210 valence electrons. The van der Waals surface area contributed by atoms with Crippen molar-refractivity contribution in [3.05, 3.63) is 88.2 Å². The van der Waals surface area contributed by atoms with E-state index in [1.165, 1.54) is 17.5 Å². The first kappa shape index (κ1) is 27.2. The van der Waals surface area contributed by atoms with Crippen LogP contribution in [0.2, 0.25) is 0 Å². The van der Waals surface area contributed by atoms with Crippen LogP contribution in [0, 0.1) is 24.2 Å². The van der Waals surface area contributed by atoms with Crippen molar-refractivity contribution in [3.63, 3.8) is 0 Å². The highest BCUT2D eigenvalue weighted by molar-refractivity contribution is 7.18. The molecule has 41 heavy (non-hydrogen) atoms. The van der Waals surface area contributed by atoms with E-state index >= 15 is 0 Å². The van der Waals surface area contributed by atoms with Gasteiger partial charge in [0.1, 0.15) is 28.7 Å². The minimum Gasteiger partial charge on any atom is -0.365 e. The van der Waals surface area contributed by atoms with E-state index in [9.17, 15) is 18.4 Å². The molecular formula is C31H29F3N6S. The maximum absolute atomic E-state index is 13.1. The molecule has 0 amide bonds. The van der Waals surface area contributed by atoms with Crippen molar-refractivity contribution in [3.8, 4) is 6.07 Å². The van der Waals surface area contributed by atoms with Crippen LogP contribution in [0.25, 0.3) is 21.1 Å². The normalized spacial score (nSPS) is 17.8. The molecule has 1 saturated heterocycles. The van der Waals surface area contributed by atoms with Crippen LogP contribution < -0.4 is 5.32 Å². The van der Waals surface area contributed by atoms with Crippen LogP contribution in [0.1, 0.15) is 33.7 Å². The molecule has 0 aliphatic carbocycles. The van der Waals surface area contributed by atoms with Gasteiger partial charge in [-0.05, 0) is 60.6 Å². The van der Waals surface area contributed by atoms with Gasteiger partial charge in [0, 0.05) is 41.5 Å². The Morgan fingerprint density at radius 2 is 1.93 bits per heavy atom. The smallest absolute Gasteiger partial charge is 0.365 e. The Balaban J connectivity index is 1.24. The summed E-state index contributed by atoms with van der Waals surface area (Å²) in [5.74, 6) is 0.903. The van der Waals surface area contributed by atoms with Crippen LogP contribution in [0.3, 0.4) is 0 Å². The lowest BCUT2D eigenvalue weighted by molar-refractivity contribution is -0.126. The Hall–Kier alpha value is -3.94. The first-order chi connectivity index (χ1) is 19.8. The maximum atomic E-state index is 13.1. The summed E-state index contributed by atoms with van der Waals surface area (Å²) in [4.78, 5) is 15.1. The molecule has 0 spiro atoms. The molecule has 6 rings (SSSR count). The van der Waals surface area contributed by atoms with Crippen molar-refractivity contribution >= 4 is 38.3 Å². The summed E-state index contributed by atoms with van der Waals surface area (Å²) >= 11 is 1.07. The Kier molecular flexibility index (Phi) is 7.41. The number of nitriles is 1. The Morgan fingerprint density at radius 1 is 1.10 bits per heavy atom. The molecule has 0 bridgehead atoms. The SMILES string of the molecule is Cc1c(CN2CC(CCc3ccccc3)C(Nc3ncnc4sc(CC(F)(F)F)cc34)C2)ccc2[nH]c(C#N)cc12. The van der Waals surface area contributed by atoms with Crippen molar-refractivity contribution in [1.29, 1.82) is 5.26 Å². The zero-order valence-corrected chi connectivity index (χ0v) is 23.3. The third-order valence-electron chi connectivity index (χ3n) is 7.94. The first-order valence-corrected chi connectivity index (χ1v) is 14.4. The zero-order chi connectivity index (χ0) is 28.6. The summed E-state index contributed by atoms with van der Waals surface area (Å²) in [5, 5.41) is 14.6. The number of benzene rings is 2. The zero-order valence-electron chi connectivity index (χ0n) is 22.5. The lowest BCUT2D eigenvalue weighted by Gasteiger charge is -2.21. The maximum Gasteiger partial charge on any atom is 0.393 e. The largest absolute Gasteiger partial charge is 0.393 e. The minimum absolute atomic E-state index is 0.0734. The molecule has 3 aromatic heterocycles. The van der Waals surface area contributed by atoms with Crippen LogP contribution in [0.4, 0.5) is 19.0 Å². The van der Waals surface area contributed by atoms with Crippen molar-refractivity contribution in [2.75, 3.05) is 18.4 Å². The fraction of sp³-hybridized carbons (Fsp3) is 0.323. The number of alkyl halides is 3. The highest BCUT2D eigenvalue weighted by Gasteiger charge is 2.34. The van der Waals surface area contributed by atoms with Gasteiger partial charge < -0.3 is 10.3 Å². The Morgan fingerprint density at radius 3 is 2.71 bits per heavy atom. The molecule has 2 unspecified atom stereocenters. The average molecular weight is 575 g/mol. The van der Waals surface area contributed by atoms with E-state index < -0.39 is 12.6 Å². The summed E-state index contributed by atoms with van der Waals surface area (Å²) in [6.07, 6.45) is -1.90. The monoisotopic (exact) mass is 574 g/mol. The van der Waals surface area contributed by atoms with Gasteiger partial charge in [-0.25, -0.2) is 9.97 Å². The van der Waals surface area contributed by atoms with Gasteiger partial charge in [0.15, 0.2) is 0 Å². The quantitative estimate of drug-likeness (QED) is 0.209. The number of aromatic nitrogens is 3. The second kappa shape index (κ2) is 11.1. The molecular weight excluding hydrogens is 545 g/mol. The number of H-pyrrole nitrogens is 1. The van der Waals surface area contributed by atoms with Crippen LogP contribution in [-0.2, 0) is 19.4 Å². The molecule has 2 aromatic carbocycles. The summed E-state index contributed by atoms with van der Waals surface area (Å²) in [6, 6.07) is 20.3. The van der Waals surface area contributed by atoms with Crippen molar-refractivity contribution < 1.29 is 13.2 Å². The number of aryl methyl sites for hydroxylation is 2. The van der Waals surface area contributed by atoms with Gasteiger partial charge in [-0.2, -0.15) is 18.4 Å². The van der Waals surface area contributed by atoms with E-state index in [1.807, 2.05) is 18.2 Å². The molecule has 0 radical (unpaired) electrons. The van der Waals surface area contributed by atoms with Crippen molar-refractivity contribution in [1.82, 2.24) is 19.9 Å². The lowest BCUT2D eigenvalue weighted by Crippen LogP contribution is -2.29. The second-order valence-electron chi connectivity index (χ2n) is 10.8. The van der Waals surface area contributed by atoms with E-state index in [2.05, 4.69) is 68.5 Å². The Bertz CT molecular complexity index is 1720. The third kappa shape index (κ3) is 6.06. The summed E-state index contributed by atoms with van der Waals surface area (Å²) in [6.45, 7) is 4.52. The van der Waals surface area contributed by atoms with Crippen LogP contribution in [0.15, 0.2) is 60.9 Å². The molecule has 1 aliphatic heterocycles. The number of hydrogen-bond acceptors (Lipinski definition) is 6. The molecule has 5 aromatic rings. The highest BCUT2D eigenvalue weighted by Crippen LogP contribution is 2.34. The first-order valence-electron chi connectivity index (χ1n) is 13.6. The summed E-state index contributed by atoms with van der Waals surface area (Å²) in [7, 11) is 0. The predicted molar refractivity (Wildman–Crippen MR) is 156 cm³/mol. The van der Waals surface area contributed by atoms with Crippen molar-refractivity contribution in [2.45, 2.75) is 44.9 Å². The van der Waals surface area contributed by atoms with Gasteiger partial charge in [-0.15, -0.1) is 11.3 Å². The molecule has 2 N–H and O–H groups in total. The highest BCUT2D eigenvalue weighted by atomic mass is 32.1. The minimum atomic E-state index is -4.27. The average Bonchev–Trinajstić information content (AvgIpc) is 3.66. The number of nitrogens with one attached hydrogen (secondary N) is 2. The number of halogens is 3. The van der Waals surface area contributed by atoms with E-state index in [1.54, 1.807) is 6.07 Å². The van der Waals surface area contributed by atoms with Crippen molar-refractivity contribution in [2.24, 2.45) is 5.92 Å². The Labute approximate surface area is 239 Å². The van der Waals surface area contributed by atoms with Crippen LogP contribution >= 0.6 is 11.3 Å². The molecule has 2 atom stereocenters. The molecule has 1 fully saturated rings. The fourth-order valence-corrected chi connectivity index (χ4v) is 6.92. The summed E-state index contributed by atoms with van der Waals surface area (Å²) < 4.78 is 39.2. The number of anilines is 1. The molecule has 0 saturated carbocycles. The predicted octanol–water partition coefficient (Wildman–Crippen LogP) is 7.00.